The van der Waals surface area contributed by atoms with Crippen LogP contribution in [0.4, 0.5) is 5.13 Å². The van der Waals surface area contributed by atoms with Crippen molar-refractivity contribution in [3.8, 4) is 0 Å². The Morgan fingerprint density at radius 2 is 2.17 bits per heavy atom. The van der Waals surface area contributed by atoms with E-state index in [2.05, 4.69) is 49.6 Å². The summed E-state index contributed by atoms with van der Waals surface area (Å²) in [4.78, 5) is 0. The Morgan fingerprint density at radius 1 is 1.33 bits per heavy atom. The summed E-state index contributed by atoms with van der Waals surface area (Å²) < 4.78 is 2.17. The summed E-state index contributed by atoms with van der Waals surface area (Å²) in [5.41, 5.74) is 1.29. The predicted molar refractivity (Wildman–Crippen MR) is 80.3 cm³/mol. The van der Waals surface area contributed by atoms with E-state index in [9.17, 15) is 0 Å². The van der Waals surface area contributed by atoms with Crippen LogP contribution in [0.3, 0.4) is 0 Å². The van der Waals surface area contributed by atoms with Crippen molar-refractivity contribution in [1.29, 1.82) is 0 Å². The molecule has 18 heavy (non-hydrogen) atoms. The molecule has 1 saturated carbocycles. The first-order chi connectivity index (χ1) is 8.81. The van der Waals surface area contributed by atoms with Gasteiger partial charge in [0.05, 0.1) is 0 Å². The van der Waals surface area contributed by atoms with E-state index in [0.29, 0.717) is 6.04 Å². The molecule has 1 aromatic heterocycles. The van der Waals surface area contributed by atoms with Crippen LogP contribution >= 0.6 is 39.0 Å². The van der Waals surface area contributed by atoms with Crippen molar-refractivity contribution in [3.05, 3.63) is 34.3 Å². The monoisotopic (exact) mass is 341 g/mol. The summed E-state index contributed by atoms with van der Waals surface area (Å²) >= 11 is 6.93. The zero-order valence-electron chi connectivity index (χ0n) is 9.60. The second-order valence-corrected chi connectivity index (χ2v) is 7.23. The Hall–Kier alpha value is -0.590. The van der Waals surface area contributed by atoms with Crippen molar-refractivity contribution >= 4 is 44.2 Å². The maximum Gasteiger partial charge on any atom is 0.206 e. The quantitative estimate of drug-likeness (QED) is 0.828. The van der Waals surface area contributed by atoms with Crippen LogP contribution < -0.4 is 5.32 Å². The number of halogens is 1. The number of hydrogen-bond acceptors (Lipinski definition) is 5. The molecular weight excluding hydrogens is 330 g/mol. The highest BCUT2D eigenvalue weighted by Crippen LogP contribution is 2.32. The summed E-state index contributed by atoms with van der Waals surface area (Å²) in [5.74, 6) is 0.916. The van der Waals surface area contributed by atoms with Gasteiger partial charge in [0, 0.05) is 16.3 Å². The van der Waals surface area contributed by atoms with Crippen LogP contribution in [0.25, 0.3) is 0 Å². The number of nitrogens with zero attached hydrogens (tertiary/aromatic N) is 2. The topological polar surface area (TPSA) is 37.8 Å². The van der Waals surface area contributed by atoms with Crippen molar-refractivity contribution < 1.29 is 0 Å². The van der Waals surface area contributed by atoms with Crippen LogP contribution in [-0.2, 0) is 5.75 Å². The van der Waals surface area contributed by atoms with Crippen LogP contribution in [0.5, 0.6) is 0 Å². The number of hydrogen-bond donors (Lipinski definition) is 1. The minimum atomic E-state index is 0.638. The molecule has 1 heterocycles. The highest BCUT2D eigenvalue weighted by Gasteiger charge is 2.22. The van der Waals surface area contributed by atoms with E-state index in [1.54, 1.807) is 23.1 Å². The standard InChI is InChI=1S/C12H12BrN3S2/c13-10-4-2-1-3-8(10)7-17-12-16-15-11(18-12)14-9-5-6-9/h1-4,9H,5-7H2,(H,14,15). The molecule has 94 valence electrons. The van der Waals surface area contributed by atoms with Gasteiger partial charge in [-0.2, -0.15) is 0 Å². The van der Waals surface area contributed by atoms with Gasteiger partial charge < -0.3 is 5.32 Å². The van der Waals surface area contributed by atoms with Gasteiger partial charge in [-0.15, -0.1) is 10.2 Å². The lowest BCUT2D eigenvalue weighted by Gasteiger charge is -2.01. The average Bonchev–Trinajstić information content (AvgIpc) is 3.06. The molecule has 2 aromatic rings. The second-order valence-electron chi connectivity index (χ2n) is 4.17. The maximum absolute atomic E-state index is 4.20. The third kappa shape index (κ3) is 3.24. The Morgan fingerprint density at radius 3 is 2.94 bits per heavy atom. The Kier molecular flexibility index (Phi) is 3.86. The number of benzene rings is 1. The number of rotatable bonds is 5. The van der Waals surface area contributed by atoms with E-state index in [0.717, 1.165) is 19.7 Å². The normalized spacial score (nSPS) is 14.7. The number of thioether (sulfide) groups is 1. The third-order valence-corrected chi connectivity index (χ3v) is 5.43. The number of aromatic nitrogens is 2. The fraction of sp³-hybridized carbons (Fsp3) is 0.333. The molecule has 0 unspecified atom stereocenters. The SMILES string of the molecule is Brc1ccccc1CSc1nnc(NC2CC2)s1. The fourth-order valence-corrected chi connectivity index (χ4v) is 3.93. The molecule has 3 rings (SSSR count). The molecule has 0 saturated heterocycles. The zero-order chi connectivity index (χ0) is 12.4. The Labute approximate surface area is 123 Å². The highest BCUT2D eigenvalue weighted by atomic mass is 79.9. The summed E-state index contributed by atoms with van der Waals surface area (Å²) in [7, 11) is 0. The molecule has 1 aromatic carbocycles. The van der Waals surface area contributed by atoms with E-state index in [4.69, 9.17) is 0 Å². The van der Waals surface area contributed by atoms with Crippen molar-refractivity contribution in [1.82, 2.24) is 10.2 Å². The fourth-order valence-electron chi connectivity index (χ4n) is 1.48. The van der Waals surface area contributed by atoms with Crippen LogP contribution in [0.2, 0.25) is 0 Å². The van der Waals surface area contributed by atoms with Crippen LogP contribution in [0.15, 0.2) is 33.1 Å². The summed E-state index contributed by atoms with van der Waals surface area (Å²) in [5, 5.41) is 12.7. The first-order valence-corrected chi connectivity index (χ1v) is 8.37. The smallest absolute Gasteiger partial charge is 0.206 e. The van der Waals surface area contributed by atoms with Crippen molar-refractivity contribution in [2.24, 2.45) is 0 Å². The van der Waals surface area contributed by atoms with Gasteiger partial charge in [0.1, 0.15) is 0 Å². The Bertz CT molecular complexity index is 540. The second kappa shape index (κ2) is 5.59. The van der Waals surface area contributed by atoms with Crippen molar-refractivity contribution in [2.45, 2.75) is 29.0 Å². The molecule has 3 nitrogen and oxygen atoms in total. The van der Waals surface area contributed by atoms with Gasteiger partial charge in [-0.05, 0) is 24.5 Å². The molecule has 0 radical (unpaired) electrons. The van der Waals surface area contributed by atoms with Gasteiger partial charge in [-0.25, -0.2) is 0 Å². The minimum absolute atomic E-state index is 0.638. The Balaban J connectivity index is 1.59. The van der Waals surface area contributed by atoms with Gasteiger partial charge >= 0.3 is 0 Å². The molecule has 0 spiro atoms. The maximum atomic E-state index is 4.20. The lowest BCUT2D eigenvalue weighted by atomic mass is 10.2. The first kappa shape index (κ1) is 12.4. The van der Waals surface area contributed by atoms with E-state index in [1.807, 2.05) is 6.07 Å². The molecule has 1 N–H and O–H groups in total. The molecule has 0 bridgehead atoms. The molecule has 0 amide bonds. The van der Waals surface area contributed by atoms with Gasteiger partial charge in [-0.3, -0.25) is 0 Å². The van der Waals surface area contributed by atoms with E-state index < -0.39 is 0 Å². The van der Waals surface area contributed by atoms with Gasteiger partial charge in [0.25, 0.3) is 0 Å². The van der Waals surface area contributed by atoms with Crippen LogP contribution in [0.1, 0.15) is 18.4 Å². The molecular formula is C12H12BrN3S2. The predicted octanol–water partition coefficient (Wildman–Crippen LogP) is 4.17. The van der Waals surface area contributed by atoms with Crippen LogP contribution in [-0.4, -0.2) is 16.2 Å². The highest BCUT2D eigenvalue weighted by molar-refractivity contribution is 9.10. The molecule has 1 aliphatic carbocycles. The van der Waals surface area contributed by atoms with Gasteiger partial charge in [-0.1, -0.05) is 57.2 Å². The summed E-state index contributed by atoms with van der Waals surface area (Å²) in [6, 6.07) is 8.92. The molecule has 1 aliphatic rings. The van der Waals surface area contributed by atoms with E-state index in [1.165, 1.54) is 18.4 Å². The number of nitrogens with one attached hydrogen (secondary N) is 1. The summed E-state index contributed by atoms with van der Waals surface area (Å²) in [6.45, 7) is 0. The van der Waals surface area contributed by atoms with E-state index >= 15 is 0 Å². The first-order valence-electron chi connectivity index (χ1n) is 5.77. The average molecular weight is 342 g/mol. The molecule has 0 aliphatic heterocycles. The third-order valence-electron chi connectivity index (χ3n) is 2.62. The van der Waals surface area contributed by atoms with E-state index in [-0.39, 0.29) is 0 Å². The van der Waals surface area contributed by atoms with Gasteiger partial charge in [0.2, 0.25) is 5.13 Å². The largest absolute Gasteiger partial charge is 0.357 e. The lowest BCUT2D eigenvalue weighted by molar-refractivity contribution is 0.994. The minimum Gasteiger partial charge on any atom is -0.357 e. The van der Waals surface area contributed by atoms with Gasteiger partial charge in [0.15, 0.2) is 4.34 Å². The number of anilines is 1. The van der Waals surface area contributed by atoms with Crippen molar-refractivity contribution in [3.63, 3.8) is 0 Å². The van der Waals surface area contributed by atoms with Crippen molar-refractivity contribution in [2.75, 3.05) is 5.32 Å². The molecule has 6 heteroatoms. The summed E-state index contributed by atoms with van der Waals surface area (Å²) in [6.07, 6.45) is 2.53. The molecule has 1 fully saturated rings. The molecule has 0 atom stereocenters. The lowest BCUT2D eigenvalue weighted by Crippen LogP contribution is -1.99. The van der Waals surface area contributed by atoms with Crippen LogP contribution in [0, 0.1) is 0 Å². The zero-order valence-corrected chi connectivity index (χ0v) is 12.8.